The van der Waals surface area contributed by atoms with Crippen LogP contribution >= 0.6 is 11.6 Å². The van der Waals surface area contributed by atoms with Crippen molar-refractivity contribution in [3.8, 4) is 5.75 Å². The molecule has 1 aromatic heterocycles. The van der Waals surface area contributed by atoms with Crippen LogP contribution in [0.1, 0.15) is 5.56 Å². The van der Waals surface area contributed by atoms with Crippen LogP contribution in [-0.2, 0) is 0 Å². The normalized spacial score (nSPS) is 11.0. The summed E-state index contributed by atoms with van der Waals surface area (Å²) in [6.45, 7) is 5.65. The number of hydrogen-bond acceptors (Lipinski definition) is 3. The van der Waals surface area contributed by atoms with Crippen molar-refractivity contribution in [2.45, 2.75) is 6.92 Å². The Bertz CT molecular complexity index is 909. The Morgan fingerprint density at radius 2 is 1.90 bits per heavy atom. The summed E-state index contributed by atoms with van der Waals surface area (Å²) in [6, 6.07) is 11.1. The SMILES string of the molecule is C=C(Cl)COc1ccc2c(oc(=O)c3ccccc32)c1C. The van der Waals surface area contributed by atoms with Crippen LogP contribution in [0.15, 0.2) is 57.2 Å². The minimum absolute atomic E-state index is 0.214. The lowest BCUT2D eigenvalue weighted by atomic mass is 10.0. The van der Waals surface area contributed by atoms with Crippen LogP contribution in [0.5, 0.6) is 5.75 Å². The molecule has 0 atom stereocenters. The summed E-state index contributed by atoms with van der Waals surface area (Å²) in [4.78, 5) is 12.1. The fourth-order valence-corrected chi connectivity index (χ4v) is 2.43. The van der Waals surface area contributed by atoms with Crippen LogP contribution in [-0.4, -0.2) is 6.61 Å². The van der Waals surface area contributed by atoms with Gasteiger partial charge in [0, 0.05) is 16.0 Å². The topological polar surface area (TPSA) is 39.4 Å². The predicted molar refractivity (Wildman–Crippen MR) is 85.2 cm³/mol. The molecule has 0 saturated heterocycles. The van der Waals surface area contributed by atoms with E-state index in [1.54, 1.807) is 6.07 Å². The molecule has 0 aliphatic carbocycles. The van der Waals surface area contributed by atoms with Crippen LogP contribution < -0.4 is 10.4 Å². The summed E-state index contributed by atoms with van der Waals surface area (Å²) in [5.74, 6) is 0.628. The Kier molecular flexibility index (Phi) is 3.43. The maximum absolute atomic E-state index is 12.1. The number of aryl methyl sites for hydroxylation is 1. The number of fused-ring (bicyclic) bond motifs is 3. The van der Waals surface area contributed by atoms with Gasteiger partial charge in [-0.15, -0.1) is 0 Å². The molecule has 3 nitrogen and oxygen atoms in total. The predicted octanol–water partition coefficient (Wildman–Crippen LogP) is 4.39. The molecule has 0 aliphatic heterocycles. The number of hydrogen-bond donors (Lipinski definition) is 0. The fraction of sp³-hybridized carbons (Fsp3) is 0.118. The second kappa shape index (κ2) is 5.26. The minimum Gasteiger partial charge on any atom is -0.488 e. The molecule has 1 heterocycles. The van der Waals surface area contributed by atoms with Gasteiger partial charge in [0.1, 0.15) is 17.9 Å². The Labute approximate surface area is 126 Å². The molecule has 0 radical (unpaired) electrons. The van der Waals surface area contributed by atoms with Gasteiger partial charge in [-0.25, -0.2) is 4.79 Å². The quantitative estimate of drug-likeness (QED) is 0.532. The Hall–Kier alpha value is -2.26. The second-order valence-electron chi connectivity index (χ2n) is 4.81. The Morgan fingerprint density at radius 3 is 2.62 bits per heavy atom. The highest BCUT2D eigenvalue weighted by molar-refractivity contribution is 6.29. The lowest BCUT2D eigenvalue weighted by Gasteiger charge is -2.11. The third kappa shape index (κ3) is 2.41. The van der Waals surface area contributed by atoms with E-state index in [4.69, 9.17) is 20.8 Å². The van der Waals surface area contributed by atoms with Gasteiger partial charge in [0.15, 0.2) is 0 Å². The van der Waals surface area contributed by atoms with E-state index in [9.17, 15) is 4.79 Å². The van der Waals surface area contributed by atoms with E-state index in [1.807, 2.05) is 37.3 Å². The average Bonchev–Trinajstić information content (AvgIpc) is 2.47. The summed E-state index contributed by atoms with van der Waals surface area (Å²) in [5.41, 5.74) is 0.963. The van der Waals surface area contributed by atoms with Gasteiger partial charge in [0.05, 0.1) is 5.39 Å². The maximum Gasteiger partial charge on any atom is 0.344 e. The standard InChI is InChI=1S/C17H13ClO3/c1-10(18)9-20-15-8-7-13-12-5-3-4-6-14(12)17(19)21-16(13)11(15)2/h3-8H,1,9H2,2H3. The van der Waals surface area contributed by atoms with Crippen molar-refractivity contribution in [2.75, 3.05) is 6.61 Å². The first-order valence-corrected chi connectivity index (χ1v) is 6.87. The molecular weight excluding hydrogens is 288 g/mol. The average molecular weight is 301 g/mol. The minimum atomic E-state index is -0.347. The molecule has 0 amide bonds. The zero-order chi connectivity index (χ0) is 15.0. The molecule has 106 valence electrons. The highest BCUT2D eigenvalue weighted by atomic mass is 35.5. The maximum atomic E-state index is 12.1. The molecule has 0 fully saturated rings. The second-order valence-corrected chi connectivity index (χ2v) is 5.34. The Morgan fingerprint density at radius 1 is 1.19 bits per heavy atom. The van der Waals surface area contributed by atoms with E-state index in [2.05, 4.69) is 6.58 Å². The van der Waals surface area contributed by atoms with Crippen LogP contribution in [0.3, 0.4) is 0 Å². The first-order valence-electron chi connectivity index (χ1n) is 6.49. The van der Waals surface area contributed by atoms with Gasteiger partial charge in [-0.3, -0.25) is 0 Å². The summed E-state index contributed by atoms with van der Waals surface area (Å²) in [5, 5.41) is 2.75. The number of halogens is 1. The van der Waals surface area contributed by atoms with Gasteiger partial charge in [-0.1, -0.05) is 36.4 Å². The van der Waals surface area contributed by atoms with Crippen molar-refractivity contribution >= 4 is 33.3 Å². The van der Waals surface area contributed by atoms with Crippen molar-refractivity contribution < 1.29 is 9.15 Å². The van der Waals surface area contributed by atoms with E-state index in [-0.39, 0.29) is 12.2 Å². The summed E-state index contributed by atoms with van der Waals surface area (Å²) in [6.07, 6.45) is 0. The number of ether oxygens (including phenoxy) is 1. The van der Waals surface area contributed by atoms with E-state index >= 15 is 0 Å². The highest BCUT2D eigenvalue weighted by Gasteiger charge is 2.12. The monoisotopic (exact) mass is 300 g/mol. The lowest BCUT2D eigenvalue weighted by molar-refractivity contribution is 0.356. The molecule has 0 aliphatic rings. The molecule has 3 rings (SSSR count). The smallest absolute Gasteiger partial charge is 0.344 e. The lowest BCUT2D eigenvalue weighted by Crippen LogP contribution is -2.02. The molecule has 0 N–H and O–H groups in total. The van der Waals surface area contributed by atoms with Gasteiger partial charge < -0.3 is 9.15 Å². The Balaban J connectivity index is 2.27. The van der Waals surface area contributed by atoms with Crippen LogP contribution in [0.25, 0.3) is 21.7 Å². The summed E-state index contributed by atoms with van der Waals surface area (Å²) in [7, 11) is 0. The van der Waals surface area contributed by atoms with Crippen LogP contribution in [0, 0.1) is 6.92 Å². The number of benzene rings is 2. The van der Waals surface area contributed by atoms with Gasteiger partial charge in [0.25, 0.3) is 0 Å². The molecule has 3 aromatic rings. The van der Waals surface area contributed by atoms with E-state index in [0.29, 0.717) is 21.8 Å². The largest absolute Gasteiger partial charge is 0.488 e. The molecule has 2 aromatic carbocycles. The molecule has 0 spiro atoms. The van der Waals surface area contributed by atoms with Crippen LogP contribution in [0.4, 0.5) is 0 Å². The van der Waals surface area contributed by atoms with E-state index in [0.717, 1.165) is 16.3 Å². The fourth-order valence-electron chi connectivity index (χ4n) is 2.37. The zero-order valence-corrected chi connectivity index (χ0v) is 12.2. The van der Waals surface area contributed by atoms with Crippen LogP contribution in [0.2, 0.25) is 0 Å². The molecule has 0 bridgehead atoms. The summed E-state index contributed by atoms with van der Waals surface area (Å²) < 4.78 is 11.0. The molecule has 4 heteroatoms. The van der Waals surface area contributed by atoms with Crippen molar-refractivity contribution in [1.82, 2.24) is 0 Å². The number of rotatable bonds is 3. The molecular formula is C17H13ClO3. The van der Waals surface area contributed by atoms with Gasteiger partial charge in [-0.2, -0.15) is 0 Å². The van der Waals surface area contributed by atoms with Gasteiger partial charge >= 0.3 is 5.63 Å². The summed E-state index contributed by atoms with van der Waals surface area (Å²) >= 11 is 5.71. The highest BCUT2D eigenvalue weighted by Crippen LogP contribution is 2.30. The van der Waals surface area contributed by atoms with E-state index in [1.165, 1.54) is 0 Å². The van der Waals surface area contributed by atoms with Crippen molar-refractivity contribution in [3.05, 3.63) is 64.0 Å². The van der Waals surface area contributed by atoms with E-state index < -0.39 is 0 Å². The third-order valence-corrected chi connectivity index (χ3v) is 3.48. The first kappa shape index (κ1) is 13.7. The van der Waals surface area contributed by atoms with Crippen molar-refractivity contribution in [2.24, 2.45) is 0 Å². The molecule has 0 saturated carbocycles. The van der Waals surface area contributed by atoms with Gasteiger partial charge in [-0.05, 0) is 30.5 Å². The third-order valence-electron chi connectivity index (χ3n) is 3.37. The zero-order valence-electron chi connectivity index (χ0n) is 11.5. The van der Waals surface area contributed by atoms with Crippen molar-refractivity contribution in [1.29, 1.82) is 0 Å². The first-order chi connectivity index (χ1) is 10.1. The van der Waals surface area contributed by atoms with Gasteiger partial charge in [0.2, 0.25) is 0 Å². The molecule has 21 heavy (non-hydrogen) atoms. The molecule has 0 unspecified atom stereocenters. The van der Waals surface area contributed by atoms with Crippen molar-refractivity contribution in [3.63, 3.8) is 0 Å².